The van der Waals surface area contributed by atoms with Gasteiger partial charge in [0.25, 0.3) is 5.91 Å². The van der Waals surface area contributed by atoms with Crippen molar-refractivity contribution in [2.24, 2.45) is 10.7 Å². The van der Waals surface area contributed by atoms with Gasteiger partial charge in [0.15, 0.2) is 0 Å². The molecule has 0 atom stereocenters. The summed E-state index contributed by atoms with van der Waals surface area (Å²) in [5.74, 6) is -0.951. The molecule has 3 rings (SSSR count). The van der Waals surface area contributed by atoms with Gasteiger partial charge in [0.05, 0.1) is 16.8 Å². The number of hydrogen-bond donors (Lipinski definition) is 2. The average Bonchev–Trinajstić information content (AvgIpc) is 2.55. The monoisotopic (exact) mass is 308 g/mol. The number of nitrogens with two attached hydrogens (primary N) is 1. The molecule has 0 unspecified atom stereocenters. The SMILES string of the molecule is NC(=Nc1ccccc1)NC(=O)c1ccnc2ccc(F)cc12. The molecule has 0 bridgehead atoms. The lowest BCUT2D eigenvalue weighted by atomic mass is 10.1. The van der Waals surface area contributed by atoms with E-state index in [2.05, 4.69) is 15.3 Å². The van der Waals surface area contributed by atoms with Crippen LogP contribution < -0.4 is 11.1 Å². The zero-order chi connectivity index (χ0) is 16.2. The van der Waals surface area contributed by atoms with Crippen LogP contribution in [-0.4, -0.2) is 16.9 Å². The molecular formula is C17H13FN4O. The van der Waals surface area contributed by atoms with Crippen molar-refractivity contribution < 1.29 is 9.18 Å². The molecule has 0 fully saturated rings. The number of rotatable bonds is 2. The van der Waals surface area contributed by atoms with Crippen LogP contribution in [0.1, 0.15) is 10.4 Å². The third-order valence-electron chi connectivity index (χ3n) is 3.20. The van der Waals surface area contributed by atoms with E-state index in [1.807, 2.05) is 18.2 Å². The molecule has 0 spiro atoms. The molecule has 1 heterocycles. The maximum Gasteiger partial charge on any atom is 0.258 e. The van der Waals surface area contributed by atoms with Crippen LogP contribution in [0.5, 0.6) is 0 Å². The van der Waals surface area contributed by atoms with Gasteiger partial charge in [-0.25, -0.2) is 9.38 Å². The van der Waals surface area contributed by atoms with Crippen molar-refractivity contribution in [2.75, 3.05) is 0 Å². The summed E-state index contributed by atoms with van der Waals surface area (Å²) in [6, 6.07) is 14.6. The molecule has 1 aromatic heterocycles. The van der Waals surface area contributed by atoms with E-state index in [0.29, 0.717) is 16.6 Å². The summed E-state index contributed by atoms with van der Waals surface area (Å²) in [6.07, 6.45) is 1.49. The lowest BCUT2D eigenvalue weighted by Gasteiger charge is -2.07. The van der Waals surface area contributed by atoms with Gasteiger partial charge in [0.2, 0.25) is 5.96 Å². The first-order valence-corrected chi connectivity index (χ1v) is 6.88. The van der Waals surface area contributed by atoms with Crippen molar-refractivity contribution in [2.45, 2.75) is 0 Å². The Bertz CT molecular complexity index is 893. The fraction of sp³-hybridized carbons (Fsp3) is 0. The minimum atomic E-state index is -0.472. The van der Waals surface area contributed by atoms with Gasteiger partial charge in [-0.1, -0.05) is 18.2 Å². The average molecular weight is 308 g/mol. The summed E-state index contributed by atoms with van der Waals surface area (Å²) in [7, 11) is 0. The molecular weight excluding hydrogens is 295 g/mol. The second-order valence-electron chi connectivity index (χ2n) is 4.81. The highest BCUT2D eigenvalue weighted by molar-refractivity contribution is 6.12. The molecule has 3 aromatic rings. The molecule has 114 valence electrons. The smallest absolute Gasteiger partial charge is 0.258 e. The van der Waals surface area contributed by atoms with Gasteiger partial charge in [0.1, 0.15) is 5.82 Å². The molecule has 0 saturated heterocycles. The second kappa shape index (κ2) is 6.23. The van der Waals surface area contributed by atoms with Crippen LogP contribution >= 0.6 is 0 Å². The largest absolute Gasteiger partial charge is 0.369 e. The summed E-state index contributed by atoms with van der Waals surface area (Å²) in [5.41, 5.74) is 7.17. The van der Waals surface area contributed by atoms with Crippen LogP contribution in [0.4, 0.5) is 10.1 Å². The Balaban J connectivity index is 1.89. The van der Waals surface area contributed by atoms with E-state index in [9.17, 15) is 9.18 Å². The van der Waals surface area contributed by atoms with Crippen molar-refractivity contribution in [3.63, 3.8) is 0 Å². The summed E-state index contributed by atoms with van der Waals surface area (Å²) in [4.78, 5) is 20.5. The Kier molecular flexibility index (Phi) is 3.97. The molecule has 23 heavy (non-hydrogen) atoms. The van der Waals surface area contributed by atoms with Crippen molar-refractivity contribution in [3.8, 4) is 0 Å². The Hall–Kier alpha value is -3.28. The van der Waals surface area contributed by atoms with Crippen molar-refractivity contribution >= 4 is 28.5 Å². The molecule has 0 aliphatic rings. The summed E-state index contributed by atoms with van der Waals surface area (Å²) >= 11 is 0. The number of aliphatic imine (C=N–C) groups is 1. The molecule has 5 nitrogen and oxygen atoms in total. The number of carbonyl (C=O) groups is 1. The highest BCUT2D eigenvalue weighted by Crippen LogP contribution is 2.18. The number of benzene rings is 2. The van der Waals surface area contributed by atoms with Gasteiger partial charge < -0.3 is 5.73 Å². The Morgan fingerprint density at radius 2 is 1.91 bits per heavy atom. The number of hydrogen-bond acceptors (Lipinski definition) is 3. The molecule has 2 aromatic carbocycles. The first-order chi connectivity index (χ1) is 11.1. The number of halogens is 1. The number of para-hydroxylation sites is 1. The number of nitrogens with zero attached hydrogens (tertiary/aromatic N) is 2. The molecule has 0 aliphatic carbocycles. The minimum Gasteiger partial charge on any atom is -0.369 e. The molecule has 0 radical (unpaired) electrons. The highest BCUT2D eigenvalue weighted by Gasteiger charge is 2.12. The van der Waals surface area contributed by atoms with Gasteiger partial charge in [-0.05, 0) is 36.4 Å². The third-order valence-corrected chi connectivity index (χ3v) is 3.20. The first kappa shape index (κ1) is 14.6. The topological polar surface area (TPSA) is 80.4 Å². The lowest BCUT2D eigenvalue weighted by molar-refractivity contribution is 0.0978. The zero-order valence-corrected chi connectivity index (χ0v) is 12.0. The predicted molar refractivity (Wildman–Crippen MR) is 86.9 cm³/mol. The number of guanidine groups is 1. The standard InChI is InChI=1S/C17H13FN4O/c18-11-6-7-15-14(10-11)13(8-9-20-15)16(23)22-17(19)21-12-4-2-1-3-5-12/h1-10H,(H3,19,21,22,23). The van der Waals surface area contributed by atoms with Crippen molar-refractivity contribution in [1.82, 2.24) is 10.3 Å². The van der Waals surface area contributed by atoms with Crippen LogP contribution in [0.15, 0.2) is 65.8 Å². The maximum absolute atomic E-state index is 13.4. The van der Waals surface area contributed by atoms with Gasteiger partial charge in [-0.3, -0.25) is 15.1 Å². The number of nitrogens with one attached hydrogen (secondary N) is 1. The van der Waals surface area contributed by atoms with Crippen LogP contribution in [0, 0.1) is 5.82 Å². The first-order valence-electron chi connectivity index (χ1n) is 6.88. The van der Waals surface area contributed by atoms with Crippen LogP contribution in [0.3, 0.4) is 0 Å². The van der Waals surface area contributed by atoms with E-state index in [0.717, 1.165) is 0 Å². The number of pyridine rings is 1. The number of fused-ring (bicyclic) bond motifs is 1. The minimum absolute atomic E-state index is 0.0393. The summed E-state index contributed by atoms with van der Waals surface area (Å²) < 4.78 is 13.4. The van der Waals surface area contributed by atoms with E-state index >= 15 is 0 Å². The van der Waals surface area contributed by atoms with E-state index in [1.54, 1.807) is 12.1 Å². The second-order valence-corrected chi connectivity index (χ2v) is 4.81. The van der Waals surface area contributed by atoms with Gasteiger partial charge in [0, 0.05) is 11.6 Å². The van der Waals surface area contributed by atoms with Crippen molar-refractivity contribution in [1.29, 1.82) is 0 Å². The van der Waals surface area contributed by atoms with E-state index in [4.69, 9.17) is 5.73 Å². The maximum atomic E-state index is 13.4. The predicted octanol–water partition coefficient (Wildman–Crippen LogP) is 2.75. The Labute approximate surface area is 131 Å². The van der Waals surface area contributed by atoms with E-state index in [1.165, 1.54) is 30.5 Å². The third kappa shape index (κ3) is 3.32. The molecule has 1 amide bonds. The van der Waals surface area contributed by atoms with Crippen molar-refractivity contribution in [3.05, 3.63) is 72.2 Å². The number of amides is 1. The van der Waals surface area contributed by atoms with Gasteiger partial charge in [-0.15, -0.1) is 0 Å². The van der Waals surface area contributed by atoms with Gasteiger partial charge in [-0.2, -0.15) is 0 Å². The van der Waals surface area contributed by atoms with Crippen LogP contribution in [-0.2, 0) is 0 Å². The molecule has 0 aliphatic heterocycles. The highest BCUT2D eigenvalue weighted by atomic mass is 19.1. The van der Waals surface area contributed by atoms with Crippen LogP contribution in [0.25, 0.3) is 10.9 Å². The molecule has 6 heteroatoms. The fourth-order valence-corrected chi connectivity index (χ4v) is 2.17. The normalized spacial score (nSPS) is 11.4. The Morgan fingerprint density at radius 1 is 1.13 bits per heavy atom. The number of carbonyl (C=O) groups excluding carboxylic acids is 1. The fourth-order valence-electron chi connectivity index (χ4n) is 2.17. The Morgan fingerprint density at radius 3 is 2.70 bits per heavy atom. The summed E-state index contributed by atoms with van der Waals surface area (Å²) in [6.45, 7) is 0. The van der Waals surface area contributed by atoms with E-state index in [-0.39, 0.29) is 11.5 Å². The molecule has 0 saturated carbocycles. The quantitative estimate of drug-likeness (QED) is 0.564. The lowest BCUT2D eigenvalue weighted by Crippen LogP contribution is -2.36. The van der Waals surface area contributed by atoms with Gasteiger partial charge >= 0.3 is 0 Å². The summed E-state index contributed by atoms with van der Waals surface area (Å²) in [5, 5.41) is 2.91. The van der Waals surface area contributed by atoms with Crippen LogP contribution in [0.2, 0.25) is 0 Å². The zero-order valence-electron chi connectivity index (χ0n) is 12.0. The number of aromatic nitrogens is 1. The van der Waals surface area contributed by atoms with E-state index < -0.39 is 11.7 Å². The molecule has 3 N–H and O–H groups in total.